The van der Waals surface area contributed by atoms with Crippen LogP contribution in [0.3, 0.4) is 0 Å². The van der Waals surface area contributed by atoms with Crippen molar-refractivity contribution in [1.82, 2.24) is 19.5 Å². The van der Waals surface area contributed by atoms with Crippen molar-refractivity contribution in [2.45, 2.75) is 19.3 Å². The van der Waals surface area contributed by atoms with E-state index in [1.165, 1.54) is 38.4 Å². The summed E-state index contributed by atoms with van der Waals surface area (Å²) >= 11 is 0. The molecule has 0 N–H and O–H groups in total. The largest absolute Gasteiger partial charge is 0.277 e. The molecule has 4 nitrogen and oxygen atoms in total. The van der Waals surface area contributed by atoms with Gasteiger partial charge >= 0.3 is 0 Å². The fraction of sp³-hybridized carbons (Fsp3) is 0.0682. The maximum Gasteiger partial charge on any atom is 0.238 e. The summed E-state index contributed by atoms with van der Waals surface area (Å²) in [4.78, 5) is 15.9. The maximum absolute atomic E-state index is 5.35. The Morgan fingerprint density at radius 3 is 2.06 bits per heavy atom. The smallest absolute Gasteiger partial charge is 0.238 e. The van der Waals surface area contributed by atoms with Crippen molar-refractivity contribution < 1.29 is 0 Å². The molecule has 0 amide bonds. The second-order valence-corrected chi connectivity index (χ2v) is 13.3. The monoisotopic (exact) mass is 614 g/mol. The first kappa shape index (κ1) is 27.0. The van der Waals surface area contributed by atoms with Crippen LogP contribution in [0.25, 0.3) is 83.2 Å². The highest BCUT2D eigenvalue weighted by molar-refractivity contribution is 6.13. The first-order valence-electron chi connectivity index (χ1n) is 16.5. The van der Waals surface area contributed by atoms with Crippen molar-refractivity contribution in [2.75, 3.05) is 0 Å². The van der Waals surface area contributed by atoms with Crippen LogP contribution in [0.2, 0.25) is 0 Å². The Balaban J connectivity index is 1.33. The van der Waals surface area contributed by atoms with Crippen molar-refractivity contribution in [2.24, 2.45) is 0 Å². The highest BCUT2D eigenvalue weighted by atomic mass is 15.2. The van der Waals surface area contributed by atoms with Crippen molar-refractivity contribution in [1.29, 1.82) is 0 Å². The molecule has 0 spiro atoms. The van der Waals surface area contributed by atoms with E-state index < -0.39 is 0 Å². The van der Waals surface area contributed by atoms with Crippen LogP contribution in [0.5, 0.6) is 0 Å². The Hall–Kier alpha value is -6.13. The van der Waals surface area contributed by atoms with Crippen LogP contribution in [-0.2, 0) is 5.41 Å². The van der Waals surface area contributed by atoms with E-state index in [0.29, 0.717) is 17.6 Å². The van der Waals surface area contributed by atoms with Gasteiger partial charge in [0, 0.05) is 27.3 Å². The summed E-state index contributed by atoms with van der Waals surface area (Å²) in [6.07, 6.45) is 0. The molecule has 226 valence electrons. The van der Waals surface area contributed by atoms with E-state index in [2.05, 4.69) is 164 Å². The van der Waals surface area contributed by atoms with Gasteiger partial charge in [-0.15, -0.1) is 0 Å². The van der Waals surface area contributed by atoms with E-state index in [1.54, 1.807) is 0 Å². The predicted octanol–water partition coefficient (Wildman–Crippen LogP) is 10.9. The molecule has 1 aliphatic carbocycles. The molecule has 10 rings (SSSR count). The van der Waals surface area contributed by atoms with Gasteiger partial charge in [-0.05, 0) is 55.9 Å². The van der Waals surface area contributed by atoms with Gasteiger partial charge in [0.05, 0.1) is 11.0 Å². The Morgan fingerprint density at radius 2 is 1.17 bits per heavy atom. The molecule has 9 aromatic rings. The first-order valence-corrected chi connectivity index (χ1v) is 16.5. The molecule has 2 aromatic heterocycles. The van der Waals surface area contributed by atoms with Gasteiger partial charge < -0.3 is 0 Å². The third-order valence-corrected chi connectivity index (χ3v) is 10.2. The molecule has 0 unspecified atom stereocenters. The number of para-hydroxylation sites is 1. The SMILES string of the molecule is CC1(C)c2ccccc2-c2ccc3c4ccccc4n(-c4nc(-c5ccc6ccccc6c5)nc(-c5cccc6ccccc56)n4)c3c21. The van der Waals surface area contributed by atoms with E-state index >= 15 is 0 Å². The second-order valence-electron chi connectivity index (χ2n) is 13.3. The summed E-state index contributed by atoms with van der Waals surface area (Å²) in [6, 6.07) is 51.7. The highest BCUT2D eigenvalue weighted by Gasteiger charge is 2.38. The highest BCUT2D eigenvalue weighted by Crippen LogP contribution is 2.52. The zero-order chi connectivity index (χ0) is 32.0. The van der Waals surface area contributed by atoms with Crippen LogP contribution < -0.4 is 0 Å². The lowest BCUT2D eigenvalue weighted by molar-refractivity contribution is 0.663. The number of hydrogen-bond acceptors (Lipinski definition) is 3. The Kier molecular flexibility index (Phi) is 5.59. The third kappa shape index (κ3) is 3.80. The van der Waals surface area contributed by atoms with Crippen LogP contribution in [0.15, 0.2) is 146 Å². The van der Waals surface area contributed by atoms with Crippen LogP contribution >= 0.6 is 0 Å². The van der Waals surface area contributed by atoms with Crippen LogP contribution in [0.1, 0.15) is 25.0 Å². The molecule has 48 heavy (non-hydrogen) atoms. The maximum atomic E-state index is 5.35. The number of rotatable bonds is 3. The molecular weight excluding hydrogens is 585 g/mol. The van der Waals surface area contributed by atoms with Crippen molar-refractivity contribution >= 4 is 43.4 Å². The summed E-state index contributed by atoms with van der Waals surface area (Å²) in [7, 11) is 0. The number of hydrogen-bond donors (Lipinski definition) is 0. The molecule has 0 saturated carbocycles. The summed E-state index contributed by atoms with van der Waals surface area (Å²) in [5.74, 6) is 1.92. The molecule has 0 fully saturated rings. The van der Waals surface area contributed by atoms with Gasteiger partial charge in [-0.3, -0.25) is 4.57 Å². The molecule has 1 aliphatic rings. The van der Waals surface area contributed by atoms with Gasteiger partial charge in [0.2, 0.25) is 5.95 Å². The minimum atomic E-state index is -0.218. The van der Waals surface area contributed by atoms with E-state index in [9.17, 15) is 0 Å². The van der Waals surface area contributed by atoms with Gasteiger partial charge in [-0.1, -0.05) is 147 Å². The lowest BCUT2D eigenvalue weighted by Gasteiger charge is -2.23. The lowest BCUT2D eigenvalue weighted by atomic mass is 9.81. The van der Waals surface area contributed by atoms with E-state index in [1.807, 2.05) is 0 Å². The van der Waals surface area contributed by atoms with Gasteiger partial charge in [0.25, 0.3) is 0 Å². The summed E-state index contributed by atoms with van der Waals surface area (Å²) < 4.78 is 2.29. The van der Waals surface area contributed by atoms with Gasteiger partial charge in [-0.2, -0.15) is 9.97 Å². The number of benzene rings is 7. The van der Waals surface area contributed by atoms with E-state index in [4.69, 9.17) is 15.0 Å². The quantitative estimate of drug-likeness (QED) is 0.199. The number of fused-ring (bicyclic) bond motifs is 9. The molecule has 0 aliphatic heterocycles. The second kappa shape index (κ2) is 9.93. The molecular formula is C44H30N4. The summed E-state index contributed by atoms with van der Waals surface area (Å²) in [6.45, 7) is 4.68. The van der Waals surface area contributed by atoms with Crippen LogP contribution in [-0.4, -0.2) is 19.5 Å². The van der Waals surface area contributed by atoms with Crippen molar-refractivity contribution in [3.8, 4) is 39.9 Å². The Bertz CT molecular complexity index is 2760. The van der Waals surface area contributed by atoms with E-state index in [0.717, 1.165) is 38.3 Å². The minimum Gasteiger partial charge on any atom is -0.277 e. The molecule has 0 radical (unpaired) electrons. The molecule has 2 heterocycles. The summed E-state index contributed by atoms with van der Waals surface area (Å²) in [5.41, 5.74) is 9.15. The zero-order valence-corrected chi connectivity index (χ0v) is 26.6. The Morgan fingerprint density at radius 1 is 0.479 bits per heavy atom. The fourth-order valence-corrected chi connectivity index (χ4v) is 7.98. The number of nitrogens with zero attached hydrogens (tertiary/aromatic N) is 4. The van der Waals surface area contributed by atoms with Crippen molar-refractivity contribution in [3.63, 3.8) is 0 Å². The van der Waals surface area contributed by atoms with E-state index in [-0.39, 0.29) is 5.41 Å². The third-order valence-electron chi connectivity index (χ3n) is 10.2. The molecule has 0 atom stereocenters. The molecule has 4 heteroatoms. The van der Waals surface area contributed by atoms with Crippen LogP contribution in [0.4, 0.5) is 0 Å². The topological polar surface area (TPSA) is 43.6 Å². The normalized spacial score (nSPS) is 13.4. The average Bonchev–Trinajstić information content (AvgIpc) is 3.59. The van der Waals surface area contributed by atoms with Gasteiger partial charge in [-0.25, -0.2) is 4.98 Å². The average molecular weight is 615 g/mol. The lowest BCUT2D eigenvalue weighted by Crippen LogP contribution is -2.17. The summed E-state index contributed by atoms with van der Waals surface area (Å²) in [5, 5.41) is 6.98. The molecule has 0 saturated heterocycles. The fourth-order valence-electron chi connectivity index (χ4n) is 7.98. The molecule has 0 bridgehead atoms. The molecule has 7 aromatic carbocycles. The minimum absolute atomic E-state index is 0.218. The zero-order valence-electron chi connectivity index (χ0n) is 26.6. The first-order chi connectivity index (χ1) is 23.6. The standard InChI is InChI=1S/C44H30N4/c1-44(2)37-20-9-7-17-32(37)34-24-25-35-33-18-8-10-21-38(33)48(40(35)39(34)44)43-46-41(30-23-22-27-12-3-4-14-29(27)26-30)45-42(47-43)36-19-11-15-28-13-5-6-16-31(28)36/h3-26H,1-2H3. The number of aromatic nitrogens is 4. The van der Waals surface area contributed by atoms with Gasteiger partial charge in [0.1, 0.15) is 0 Å². The predicted molar refractivity (Wildman–Crippen MR) is 198 cm³/mol. The van der Waals surface area contributed by atoms with Gasteiger partial charge in [0.15, 0.2) is 11.6 Å². The van der Waals surface area contributed by atoms with Crippen molar-refractivity contribution in [3.05, 3.63) is 157 Å². The van der Waals surface area contributed by atoms with Crippen LogP contribution in [0, 0.1) is 0 Å². The Labute approximate surface area is 278 Å².